The third kappa shape index (κ3) is 6.26. The van der Waals surface area contributed by atoms with Crippen LogP contribution < -0.4 is 5.73 Å². The first-order chi connectivity index (χ1) is 13.1. The van der Waals surface area contributed by atoms with Gasteiger partial charge in [0.2, 0.25) is 0 Å². The molecule has 0 radical (unpaired) electrons. The Labute approximate surface area is 186 Å². The van der Waals surface area contributed by atoms with Gasteiger partial charge in [0.1, 0.15) is 0 Å². The molecule has 0 aliphatic heterocycles. The maximum atomic E-state index is 6.36. The SMILES string of the molecule is CC(N)C1(CC#Cc2ccc(C3CC(C)(C)CC(C)(C)C3)cc2)CCCCC1.Cl. The average Bonchev–Trinajstić information content (AvgIpc) is 2.60. The molecule has 2 N–H and O–H groups in total. The molecule has 2 saturated carbocycles. The van der Waals surface area contributed by atoms with E-state index in [0.29, 0.717) is 16.7 Å². The van der Waals surface area contributed by atoms with Gasteiger partial charge in [-0.25, -0.2) is 0 Å². The number of hydrogen-bond acceptors (Lipinski definition) is 1. The van der Waals surface area contributed by atoms with Gasteiger partial charge in [-0.05, 0) is 78.9 Å². The third-order valence-electron chi connectivity index (χ3n) is 7.43. The van der Waals surface area contributed by atoms with Crippen molar-refractivity contribution in [1.29, 1.82) is 0 Å². The highest BCUT2D eigenvalue weighted by atomic mass is 35.5. The molecular weight excluding hydrogens is 374 g/mol. The number of benzene rings is 1. The van der Waals surface area contributed by atoms with Crippen LogP contribution in [0.25, 0.3) is 0 Å². The molecule has 0 bridgehead atoms. The molecule has 1 unspecified atom stereocenters. The Bertz CT molecular complexity index is 695. The molecule has 1 nitrogen and oxygen atoms in total. The van der Waals surface area contributed by atoms with Gasteiger partial charge in [-0.1, -0.05) is 70.9 Å². The highest BCUT2D eigenvalue weighted by Gasteiger charge is 2.39. The van der Waals surface area contributed by atoms with Gasteiger partial charge in [-0.15, -0.1) is 12.4 Å². The van der Waals surface area contributed by atoms with E-state index in [4.69, 9.17) is 5.73 Å². The van der Waals surface area contributed by atoms with Gasteiger partial charge >= 0.3 is 0 Å². The first-order valence-electron chi connectivity index (χ1n) is 11.5. The van der Waals surface area contributed by atoms with Crippen LogP contribution in [0.4, 0.5) is 0 Å². The van der Waals surface area contributed by atoms with Crippen molar-refractivity contribution >= 4 is 12.4 Å². The molecule has 0 saturated heterocycles. The molecule has 2 aliphatic rings. The molecule has 0 aromatic heterocycles. The summed E-state index contributed by atoms with van der Waals surface area (Å²) >= 11 is 0. The number of hydrogen-bond donors (Lipinski definition) is 1. The first-order valence-corrected chi connectivity index (χ1v) is 11.5. The smallest absolute Gasteiger partial charge is 0.0245 e. The summed E-state index contributed by atoms with van der Waals surface area (Å²) in [6, 6.07) is 9.36. The fraction of sp³-hybridized carbons (Fsp3) is 0.704. The monoisotopic (exact) mass is 415 g/mol. The lowest BCUT2D eigenvalue weighted by atomic mass is 9.60. The Morgan fingerprint density at radius 3 is 2.03 bits per heavy atom. The van der Waals surface area contributed by atoms with E-state index in [-0.39, 0.29) is 23.9 Å². The Hall–Kier alpha value is -0.970. The molecule has 3 rings (SSSR count). The van der Waals surface area contributed by atoms with Crippen LogP contribution in [0, 0.1) is 28.1 Å². The second-order valence-corrected chi connectivity index (χ2v) is 11.4. The van der Waals surface area contributed by atoms with Gasteiger partial charge in [-0.3, -0.25) is 0 Å². The van der Waals surface area contributed by atoms with Crippen LogP contribution in [0.3, 0.4) is 0 Å². The maximum absolute atomic E-state index is 6.36. The van der Waals surface area contributed by atoms with Gasteiger partial charge in [0.15, 0.2) is 0 Å². The van der Waals surface area contributed by atoms with Crippen LogP contribution in [0.2, 0.25) is 0 Å². The fourth-order valence-corrected chi connectivity index (χ4v) is 6.29. The molecule has 2 heteroatoms. The number of halogens is 1. The Morgan fingerprint density at radius 1 is 0.966 bits per heavy atom. The Balaban J connectivity index is 0.00000300. The summed E-state index contributed by atoms with van der Waals surface area (Å²) < 4.78 is 0. The van der Waals surface area contributed by atoms with E-state index in [0.717, 1.165) is 12.0 Å². The van der Waals surface area contributed by atoms with E-state index >= 15 is 0 Å². The largest absolute Gasteiger partial charge is 0.327 e. The van der Waals surface area contributed by atoms with E-state index in [2.05, 4.69) is 70.7 Å². The molecule has 0 heterocycles. The van der Waals surface area contributed by atoms with Crippen molar-refractivity contribution in [2.45, 2.75) is 104 Å². The molecule has 1 atom stereocenters. The predicted octanol–water partition coefficient (Wildman–Crippen LogP) is 7.47. The van der Waals surface area contributed by atoms with Crippen LogP contribution in [0.15, 0.2) is 24.3 Å². The van der Waals surface area contributed by atoms with Crippen molar-refractivity contribution in [3.8, 4) is 11.8 Å². The average molecular weight is 416 g/mol. The van der Waals surface area contributed by atoms with Gasteiger partial charge in [0, 0.05) is 18.0 Å². The summed E-state index contributed by atoms with van der Waals surface area (Å²) in [5.41, 5.74) is 10.1. The molecule has 1 aromatic carbocycles. The predicted molar refractivity (Wildman–Crippen MR) is 129 cm³/mol. The standard InChI is InChI=1S/C27H41N.ClH/c1-21(28)27(15-7-6-8-16-27)17-9-10-22-11-13-23(14-12-22)24-18-25(2,3)20-26(4,5)19-24;/h11-14,21,24H,6-8,15-20,28H2,1-5H3;1H. The highest BCUT2D eigenvalue weighted by Crippen LogP contribution is 2.51. The molecule has 0 amide bonds. The van der Waals surface area contributed by atoms with Crippen molar-refractivity contribution in [1.82, 2.24) is 0 Å². The normalized spacial score (nSPS) is 23.9. The van der Waals surface area contributed by atoms with Crippen molar-refractivity contribution in [3.63, 3.8) is 0 Å². The lowest BCUT2D eigenvalue weighted by Gasteiger charge is -2.45. The fourth-order valence-electron chi connectivity index (χ4n) is 6.29. The van der Waals surface area contributed by atoms with E-state index < -0.39 is 0 Å². The summed E-state index contributed by atoms with van der Waals surface area (Å²) in [4.78, 5) is 0. The van der Waals surface area contributed by atoms with E-state index in [1.807, 2.05) is 0 Å². The second-order valence-electron chi connectivity index (χ2n) is 11.4. The van der Waals surface area contributed by atoms with Crippen molar-refractivity contribution in [3.05, 3.63) is 35.4 Å². The van der Waals surface area contributed by atoms with Crippen LogP contribution in [-0.4, -0.2) is 6.04 Å². The molecule has 2 fully saturated rings. The van der Waals surface area contributed by atoms with Crippen molar-refractivity contribution < 1.29 is 0 Å². The molecule has 2 aliphatic carbocycles. The third-order valence-corrected chi connectivity index (χ3v) is 7.43. The maximum Gasteiger partial charge on any atom is 0.0245 e. The summed E-state index contributed by atoms with van der Waals surface area (Å²) in [6.07, 6.45) is 11.3. The van der Waals surface area contributed by atoms with Crippen LogP contribution >= 0.6 is 12.4 Å². The zero-order valence-electron chi connectivity index (χ0n) is 19.3. The zero-order chi connectivity index (χ0) is 20.4. The van der Waals surface area contributed by atoms with E-state index in [1.54, 1.807) is 0 Å². The minimum atomic E-state index is 0. The summed E-state index contributed by atoms with van der Waals surface area (Å²) in [6.45, 7) is 11.9. The Kier molecular flexibility index (Phi) is 7.92. The lowest BCUT2D eigenvalue weighted by molar-refractivity contribution is 0.0969. The minimum absolute atomic E-state index is 0. The Morgan fingerprint density at radius 2 is 1.52 bits per heavy atom. The molecule has 29 heavy (non-hydrogen) atoms. The molecule has 0 spiro atoms. The van der Waals surface area contributed by atoms with Gasteiger partial charge in [0.05, 0.1) is 0 Å². The topological polar surface area (TPSA) is 26.0 Å². The van der Waals surface area contributed by atoms with E-state index in [1.165, 1.54) is 56.9 Å². The highest BCUT2D eigenvalue weighted by molar-refractivity contribution is 5.85. The number of nitrogens with two attached hydrogens (primary N) is 1. The summed E-state index contributed by atoms with van der Waals surface area (Å²) in [5.74, 6) is 7.59. The van der Waals surface area contributed by atoms with Crippen molar-refractivity contribution in [2.75, 3.05) is 0 Å². The first kappa shape index (κ1) is 24.3. The molecular formula is C27H42ClN. The second kappa shape index (κ2) is 9.45. The summed E-state index contributed by atoms with van der Waals surface area (Å²) in [7, 11) is 0. The van der Waals surface area contributed by atoms with Crippen LogP contribution in [-0.2, 0) is 0 Å². The zero-order valence-corrected chi connectivity index (χ0v) is 20.1. The van der Waals surface area contributed by atoms with E-state index in [9.17, 15) is 0 Å². The minimum Gasteiger partial charge on any atom is -0.327 e. The van der Waals surface area contributed by atoms with Gasteiger partial charge < -0.3 is 5.73 Å². The van der Waals surface area contributed by atoms with Gasteiger partial charge in [-0.2, -0.15) is 0 Å². The van der Waals surface area contributed by atoms with Crippen LogP contribution in [0.1, 0.15) is 109 Å². The summed E-state index contributed by atoms with van der Waals surface area (Å²) in [5, 5.41) is 0. The van der Waals surface area contributed by atoms with Gasteiger partial charge in [0.25, 0.3) is 0 Å². The molecule has 1 aromatic rings. The van der Waals surface area contributed by atoms with Crippen LogP contribution in [0.5, 0.6) is 0 Å². The molecule has 162 valence electrons. The quantitative estimate of drug-likeness (QED) is 0.509. The number of rotatable bonds is 3. The lowest BCUT2D eigenvalue weighted by Crippen LogP contribution is -2.40. The van der Waals surface area contributed by atoms with Crippen molar-refractivity contribution in [2.24, 2.45) is 22.0 Å².